The molecule has 1 N–H and O–H groups in total. The first-order valence-electron chi connectivity index (χ1n) is 9.71. The number of sulfonamides is 1. The second kappa shape index (κ2) is 9.55. The molecule has 0 spiro atoms. The van der Waals surface area contributed by atoms with E-state index in [1.165, 1.54) is 0 Å². The number of piperidine rings is 1. The van der Waals surface area contributed by atoms with E-state index in [0.717, 1.165) is 28.9 Å². The van der Waals surface area contributed by atoms with E-state index in [-0.39, 0.29) is 24.3 Å². The van der Waals surface area contributed by atoms with E-state index in [9.17, 15) is 13.2 Å². The SMILES string of the molecule is CCCCS(=O)(=O)NC1CCN(C(=O)COc2c(C)ccc(C)c2C)CC1. The Bertz CT molecular complexity index is 753. The molecule has 0 aliphatic carbocycles. The van der Waals surface area contributed by atoms with E-state index < -0.39 is 10.0 Å². The molecule has 1 aromatic carbocycles. The van der Waals surface area contributed by atoms with Crippen molar-refractivity contribution >= 4 is 15.9 Å². The number of hydrogen-bond acceptors (Lipinski definition) is 4. The molecule has 0 atom stereocenters. The number of carbonyl (C=O) groups excluding carboxylic acids is 1. The highest BCUT2D eigenvalue weighted by Crippen LogP contribution is 2.25. The number of nitrogens with one attached hydrogen (secondary N) is 1. The summed E-state index contributed by atoms with van der Waals surface area (Å²) >= 11 is 0. The minimum absolute atomic E-state index is 0.0119. The van der Waals surface area contributed by atoms with Crippen LogP contribution in [0.3, 0.4) is 0 Å². The van der Waals surface area contributed by atoms with Crippen molar-refractivity contribution in [1.82, 2.24) is 9.62 Å². The molecule has 6 nitrogen and oxygen atoms in total. The summed E-state index contributed by atoms with van der Waals surface area (Å²) < 4.78 is 32.6. The van der Waals surface area contributed by atoms with Crippen LogP contribution in [0.1, 0.15) is 49.3 Å². The lowest BCUT2D eigenvalue weighted by atomic mass is 10.1. The van der Waals surface area contributed by atoms with Gasteiger partial charge in [-0.1, -0.05) is 25.5 Å². The number of amides is 1. The van der Waals surface area contributed by atoms with Crippen LogP contribution in [0.15, 0.2) is 12.1 Å². The van der Waals surface area contributed by atoms with Gasteiger partial charge in [0.25, 0.3) is 5.91 Å². The molecular weight excluding hydrogens is 364 g/mol. The summed E-state index contributed by atoms with van der Waals surface area (Å²) in [7, 11) is -3.22. The molecule has 0 saturated carbocycles. The predicted octanol–water partition coefficient (Wildman–Crippen LogP) is 2.70. The zero-order chi connectivity index (χ0) is 20.0. The van der Waals surface area contributed by atoms with Gasteiger partial charge in [0.05, 0.1) is 5.75 Å². The number of rotatable bonds is 8. The zero-order valence-electron chi connectivity index (χ0n) is 16.9. The molecule has 0 bridgehead atoms. The van der Waals surface area contributed by atoms with Crippen LogP contribution in [0.2, 0.25) is 0 Å². The Balaban J connectivity index is 1.83. The normalized spacial score (nSPS) is 15.8. The lowest BCUT2D eigenvalue weighted by Gasteiger charge is -2.32. The van der Waals surface area contributed by atoms with Gasteiger partial charge in [0.15, 0.2) is 6.61 Å². The Morgan fingerprint density at radius 2 is 1.81 bits per heavy atom. The Kier molecular flexibility index (Phi) is 7.68. The van der Waals surface area contributed by atoms with E-state index in [0.29, 0.717) is 32.4 Å². The van der Waals surface area contributed by atoms with Crippen LogP contribution in [-0.4, -0.2) is 50.7 Å². The number of unbranched alkanes of at least 4 members (excludes halogenated alkanes) is 1. The summed E-state index contributed by atoms with van der Waals surface area (Å²) in [5.74, 6) is 0.899. The van der Waals surface area contributed by atoms with Crippen LogP contribution in [0.25, 0.3) is 0 Å². The minimum Gasteiger partial charge on any atom is -0.483 e. The smallest absolute Gasteiger partial charge is 0.260 e. The molecule has 27 heavy (non-hydrogen) atoms. The van der Waals surface area contributed by atoms with Gasteiger partial charge in [-0.3, -0.25) is 4.79 Å². The molecule has 1 aromatic rings. The van der Waals surface area contributed by atoms with Crippen LogP contribution < -0.4 is 9.46 Å². The van der Waals surface area contributed by atoms with Gasteiger partial charge in [-0.05, 0) is 56.7 Å². The molecule has 1 saturated heterocycles. The fourth-order valence-corrected chi connectivity index (χ4v) is 4.80. The fourth-order valence-electron chi connectivity index (χ4n) is 3.27. The molecule has 1 amide bonds. The molecule has 2 rings (SSSR count). The quantitative estimate of drug-likeness (QED) is 0.733. The van der Waals surface area contributed by atoms with Crippen molar-refractivity contribution in [1.29, 1.82) is 0 Å². The number of hydrogen-bond donors (Lipinski definition) is 1. The third-order valence-corrected chi connectivity index (χ3v) is 6.69. The van der Waals surface area contributed by atoms with Crippen molar-refractivity contribution in [3.63, 3.8) is 0 Å². The van der Waals surface area contributed by atoms with Crippen LogP contribution >= 0.6 is 0 Å². The van der Waals surface area contributed by atoms with Gasteiger partial charge in [-0.2, -0.15) is 0 Å². The molecule has 152 valence electrons. The largest absolute Gasteiger partial charge is 0.483 e. The van der Waals surface area contributed by atoms with E-state index in [2.05, 4.69) is 4.72 Å². The first-order chi connectivity index (χ1) is 12.7. The monoisotopic (exact) mass is 396 g/mol. The fraction of sp³-hybridized carbons (Fsp3) is 0.650. The van der Waals surface area contributed by atoms with E-state index >= 15 is 0 Å². The molecule has 1 aliphatic rings. The van der Waals surface area contributed by atoms with Crippen LogP contribution in [0, 0.1) is 20.8 Å². The Morgan fingerprint density at radius 3 is 2.44 bits per heavy atom. The first kappa shape index (κ1) is 21.7. The van der Waals surface area contributed by atoms with Crippen LogP contribution in [-0.2, 0) is 14.8 Å². The van der Waals surface area contributed by atoms with Crippen molar-refractivity contribution in [2.24, 2.45) is 0 Å². The maximum Gasteiger partial charge on any atom is 0.260 e. The number of aryl methyl sites for hydroxylation is 2. The second-order valence-corrected chi connectivity index (χ2v) is 9.26. The van der Waals surface area contributed by atoms with Crippen molar-refractivity contribution in [2.45, 2.75) is 59.4 Å². The third-order valence-electron chi connectivity index (χ3n) is 5.17. The molecule has 1 fully saturated rings. The van der Waals surface area contributed by atoms with Gasteiger partial charge in [0.1, 0.15) is 5.75 Å². The van der Waals surface area contributed by atoms with Crippen LogP contribution in [0.4, 0.5) is 0 Å². The zero-order valence-corrected chi connectivity index (χ0v) is 17.7. The van der Waals surface area contributed by atoms with Gasteiger partial charge in [0, 0.05) is 19.1 Å². The maximum atomic E-state index is 12.5. The maximum absolute atomic E-state index is 12.5. The lowest BCUT2D eigenvalue weighted by molar-refractivity contribution is -0.134. The Labute approximate surface area is 163 Å². The second-order valence-electron chi connectivity index (χ2n) is 7.39. The molecule has 0 aromatic heterocycles. The summed E-state index contributed by atoms with van der Waals surface area (Å²) in [6.07, 6.45) is 2.80. The highest BCUT2D eigenvalue weighted by atomic mass is 32.2. The van der Waals surface area contributed by atoms with Crippen molar-refractivity contribution < 1.29 is 17.9 Å². The average molecular weight is 397 g/mol. The first-order valence-corrected chi connectivity index (χ1v) is 11.4. The Morgan fingerprint density at radius 1 is 1.19 bits per heavy atom. The molecule has 0 radical (unpaired) electrons. The van der Waals surface area contributed by atoms with Crippen molar-refractivity contribution in [2.75, 3.05) is 25.4 Å². The number of carbonyl (C=O) groups is 1. The molecular formula is C20H32N2O4S. The summed E-state index contributed by atoms with van der Waals surface area (Å²) in [5, 5.41) is 0. The third kappa shape index (κ3) is 6.21. The van der Waals surface area contributed by atoms with Crippen molar-refractivity contribution in [3.8, 4) is 5.75 Å². The number of ether oxygens (including phenoxy) is 1. The average Bonchev–Trinajstić information content (AvgIpc) is 2.63. The summed E-state index contributed by atoms with van der Waals surface area (Å²) in [5.41, 5.74) is 3.22. The highest BCUT2D eigenvalue weighted by Gasteiger charge is 2.26. The molecule has 1 heterocycles. The highest BCUT2D eigenvalue weighted by molar-refractivity contribution is 7.89. The standard InChI is InChI=1S/C20H32N2O4S/c1-5-6-13-27(24,25)21-18-9-11-22(12-10-18)19(23)14-26-20-16(3)8-7-15(2)17(20)4/h7-8,18,21H,5-6,9-14H2,1-4H3. The molecule has 0 unspecified atom stereocenters. The van der Waals surface area contributed by atoms with E-state index in [1.807, 2.05) is 39.8 Å². The van der Waals surface area contributed by atoms with E-state index in [4.69, 9.17) is 4.74 Å². The van der Waals surface area contributed by atoms with Crippen molar-refractivity contribution in [3.05, 3.63) is 28.8 Å². The topological polar surface area (TPSA) is 75.7 Å². The van der Waals surface area contributed by atoms with Gasteiger partial charge < -0.3 is 9.64 Å². The molecule has 7 heteroatoms. The number of likely N-dealkylation sites (tertiary alicyclic amines) is 1. The summed E-state index contributed by atoms with van der Waals surface area (Å²) in [6.45, 7) is 9.08. The van der Waals surface area contributed by atoms with Crippen LogP contribution in [0.5, 0.6) is 5.75 Å². The Hall–Kier alpha value is -1.60. The predicted molar refractivity (Wildman–Crippen MR) is 108 cm³/mol. The van der Waals surface area contributed by atoms with Gasteiger partial charge >= 0.3 is 0 Å². The van der Waals surface area contributed by atoms with Gasteiger partial charge in [0.2, 0.25) is 10.0 Å². The minimum atomic E-state index is -3.22. The lowest BCUT2D eigenvalue weighted by Crippen LogP contribution is -2.48. The summed E-state index contributed by atoms with van der Waals surface area (Å²) in [4.78, 5) is 14.2. The van der Waals surface area contributed by atoms with E-state index in [1.54, 1.807) is 4.90 Å². The number of benzene rings is 1. The van der Waals surface area contributed by atoms with Gasteiger partial charge in [-0.25, -0.2) is 13.1 Å². The summed E-state index contributed by atoms with van der Waals surface area (Å²) in [6, 6.07) is 3.96. The molecule has 1 aliphatic heterocycles. The number of nitrogens with zero attached hydrogens (tertiary/aromatic N) is 1. The van der Waals surface area contributed by atoms with Gasteiger partial charge in [-0.15, -0.1) is 0 Å².